The number of amides is 2. The highest BCUT2D eigenvalue weighted by atomic mass is 35.5. The van der Waals surface area contributed by atoms with Gasteiger partial charge in [-0.25, -0.2) is 4.98 Å². The normalized spacial score (nSPS) is 10.8. The molecule has 0 atom stereocenters. The topological polar surface area (TPSA) is 85.2 Å². The maximum absolute atomic E-state index is 12.8. The van der Waals surface area contributed by atoms with Crippen LogP contribution >= 0.6 is 11.6 Å². The van der Waals surface area contributed by atoms with E-state index in [1.807, 2.05) is 28.8 Å². The lowest BCUT2D eigenvalue weighted by Crippen LogP contribution is -2.25. The minimum absolute atomic E-state index is 0.138. The van der Waals surface area contributed by atoms with Gasteiger partial charge in [-0.2, -0.15) is 0 Å². The molecule has 0 aliphatic rings. The molecule has 0 spiro atoms. The van der Waals surface area contributed by atoms with Crippen LogP contribution in [0.1, 0.15) is 22.6 Å². The zero-order valence-electron chi connectivity index (χ0n) is 18.8. The fourth-order valence-corrected chi connectivity index (χ4v) is 3.79. The highest BCUT2D eigenvalue weighted by Crippen LogP contribution is 2.19. The van der Waals surface area contributed by atoms with Gasteiger partial charge >= 0.3 is 0 Å². The number of nitrogens with zero attached hydrogens (tertiary/aromatic N) is 2. The molecule has 0 unspecified atom stereocenters. The number of hydrogen-bond donors (Lipinski definition) is 2. The van der Waals surface area contributed by atoms with Gasteiger partial charge < -0.3 is 19.9 Å². The van der Waals surface area contributed by atoms with Crippen molar-refractivity contribution in [3.05, 3.63) is 89.2 Å². The molecule has 34 heavy (non-hydrogen) atoms. The highest BCUT2D eigenvalue weighted by molar-refractivity contribution is 6.30. The first-order valence-corrected chi connectivity index (χ1v) is 11.3. The van der Waals surface area contributed by atoms with Gasteiger partial charge in [0.05, 0.1) is 18.1 Å². The van der Waals surface area contributed by atoms with Crippen LogP contribution < -0.4 is 15.4 Å². The molecule has 0 aliphatic heterocycles. The SMILES string of the molecule is COc1ccc(NC(=O)Cn2c(CCCNC(=O)c3ccc(Cl)cc3)nc3ccccc32)cc1. The van der Waals surface area contributed by atoms with Crippen molar-refractivity contribution in [1.29, 1.82) is 0 Å². The Labute approximate surface area is 202 Å². The third-order valence-corrected chi connectivity index (χ3v) is 5.63. The Kier molecular flexibility index (Phi) is 7.44. The maximum Gasteiger partial charge on any atom is 0.251 e. The molecule has 4 aromatic rings. The molecule has 3 aromatic carbocycles. The summed E-state index contributed by atoms with van der Waals surface area (Å²) in [5.74, 6) is 1.23. The smallest absolute Gasteiger partial charge is 0.251 e. The number of methoxy groups -OCH3 is 1. The number of ether oxygens (including phenoxy) is 1. The van der Waals surface area contributed by atoms with Crippen molar-refractivity contribution in [2.75, 3.05) is 19.0 Å². The molecular formula is C26H25ClN4O3. The molecule has 8 heteroatoms. The molecule has 1 heterocycles. The van der Waals surface area contributed by atoms with Crippen molar-refractivity contribution in [2.45, 2.75) is 19.4 Å². The first-order valence-electron chi connectivity index (χ1n) is 11.0. The minimum atomic E-state index is -0.149. The van der Waals surface area contributed by atoms with Crippen LogP contribution in [0.5, 0.6) is 5.75 Å². The molecule has 0 saturated heterocycles. The summed E-state index contributed by atoms with van der Waals surface area (Å²) >= 11 is 5.88. The number of aryl methyl sites for hydroxylation is 1. The van der Waals surface area contributed by atoms with Crippen molar-refractivity contribution < 1.29 is 14.3 Å². The lowest BCUT2D eigenvalue weighted by Gasteiger charge is -2.11. The van der Waals surface area contributed by atoms with E-state index < -0.39 is 0 Å². The summed E-state index contributed by atoms with van der Waals surface area (Å²) in [5, 5.41) is 6.42. The second-order valence-corrected chi connectivity index (χ2v) is 8.18. The Morgan fingerprint density at radius 1 is 1.00 bits per heavy atom. The van der Waals surface area contributed by atoms with Crippen molar-refractivity contribution in [3.8, 4) is 5.75 Å². The standard InChI is InChI=1S/C26H25ClN4O3/c1-34-21-14-12-20(13-15-21)29-25(32)17-31-23-6-3-2-5-22(23)30-24(31)7-4-16-28-26(33)18-8-10-19(27)11-9-18/h2-3,5-6,8-15H,4,7,16-17H2,1H3,(H,28,33)(H,29,32). The van der Waals surface area contributed by atoms with E-state index in [1.54, 1.807) is 55.6 Å². The fraction of sp³-hybridized carbons (Fsp3) is 0.192. The summed E-state index contributed by atoms with van der Waals surface area (Å²) < 4.78 is 7.08. The average molecular weight is 477 g/mol. The van der Waals surface area contributed by atoms with E-state index in [0.717, 1.165) is 22.6 Å². The van der Waals surface area contributed by atoms with E-state index in [-0.39, 0.29) is 18.4 Å². The zero-order valence-corrected chi connectivity index (χ0v) is 19.5. The summed E-state index contributed by atoms with van der Waals surface area (Å²) in [6.07, 6.45) is 1.30. The molecular weight excluding hydrogens is 452 g/mol. The maximum atomic E-state index is 12.8. The lowest BCUT2D eigenvalue weighted by molar-refractivity contribution is -0.116. The van der Waals surface area contributed by atoms with Crippen molar-refractivity contribution in [2.24, 2.45) is 0 Å². The number of halogens is 1. The monoisotopic (exact) mass is 476 g/mol. The van der Waals surface area contributed by atoms with E-state index >= 15 is 0 Å². The molecule has 0 radical (unpaired) electrons. The Morgan fingerprint density at radius 2 is 1.74 bits per heavy atom. The van der Waals surface area contributed by atoms with Gasteiger partial charge in [0.2, 0.25) is 5.91 Å². The van der Waals surface area contributed by atoms with Crippen LogP contribution in [0.15, 0.2) is 72.8 Å². The van der Waals surface area contributed by atoms with Gasteiger partial charge in [0.15, 0.2) is 0 Å². The van der Waals surface area contributed by atoms with Crippen molar-refractivity contribution in [3.63, 3.8) is 0 Å². The van der Waals surface area contributed by atoms with Crippen LogP contribution in [0.3, 0.4) is 0 Å². The third-order valence-electron chi connectivity index (χ3n) is 5.38. The minimum Gasteiger partial charge on any atom is -0.497 e. The Hall–Kier alpha value is -3.84. The number of anilines is 1. The molecule has 0 bridgehead atoms. The fourth-order valence-electron chi connectivity index (χ4n) is 3.66. The van der Waals surface area contributed by atoms with E-state index in [1.165, 1.54) is 0 Å². The Bertz CT molecular complexity index is 1280. The number of nitrogens with one attached hydrogen (secondary N) is 2. The number of rotatable bonds is 9. The first kappa shape index (κ1) is 23.3. The number of benzene rings is 3. The number of hydrogen-bond acceptors (Lipinski definition) is 4. The van der Waals surface area contributed by atoms with Crippen molar-refractivity contribution in [1.82, 2.24) is 14.9 Å². The van der Waals surface area contributed by atoms with Crippen LogP contribution in [0.4, 0.5) is 5.69 Å². The number of carbonyl (C=O) groups excluding carboxylic acids is 2. The third kappa shape index (κ3) is 5.74. The molecule has 2 amide bonds. The summed E-state index contributed by atoms with van der Waals surface area (Å²) in [7, 11) is 1.60. The summed E-state index contributed by atoms with van der Waals surface area (Å²) in [6, 6.07) is 21.7. The first-order chi connectivity index (χ1) is 16.5. The van der Waals surface area contributed by atoms with E-state index in [0.29, 0.717) is 35.7 Å². The summed E-state index contributed by atoms with van der Waals surface area (Å²) in [5.41, 5.74) is 2.99. The number of imidazole rings is 1. The van der Waals surface area contributed by atoms with Gasteiger partial charge in [0, 0.05) is 29.2 Å². The van der Waals surface area contributed by atoms with Crippen LogP contribution in [0.2, 0.25) is 5.02 Å². The second kappa shape index (κ2) is 10.9. The van der Waals surface area contributed by atoms with E-state index in [4.69, 9.17) is 21.3 Å². The number of para-hydroxylation sites is 2. The predicted molar refractivity (Wildman–Crippen MR) is 133 cm³/mol. The largest absolute Gasteiger partial charge is 0.497 e. The van der Waals surface area contributed by atoms with Crippen LogP contribution in [-0.2, 0) is 17.8 Å². The van der Waals surface area contributed by atoms with Crippen LogP contribution in [0.25, 0.3) is 11.0 Å². The number of aromatic nitrogens is 2. The number of fused-ring (bicyclic) bond motifs is 1. The van der Waals surface area contributed by atoms with Gasteiger partial charge in [-0.1, -0.05) is 23.7 Å². The Balaban J connectivity index is 1.39. The van der Waals surface area contributed by atoms with Crippen molar-refractivity contribution >= 4 is 40.1 Å². The second-order valence-electron chi connectivity index (χ2n) is 7.75. The number of carbonyl (C=O) groups is 2. The quantitative estimate of drug-likeness (QED) is 0.343. The van der Waals surface area contributed by atoms with Gasteiger partial charge in [-0.05, 0) is 67.1 Å². The molecule has 0 saturated carbocycles. The molecule has 0 aliphatic carbocycles. The van der Waals surface area contributed by atoms with Crippen LogP contribution in [0, 0.1) is 0 Å². The van der Waals surface area contributed by atoms with Gasteiger partial charge in [0.25, 0.3) is 5.91 Å². The molecule has 2 N–H and O–H groups in total. The van der Waals surface area contributed by atoms with Gasteiger partial charge in [-0.15, -0.1) is 0 Å². The molecule has 7 nitrogen and oxygen atoms in total. The van der Waals surface area contributed by atoms with E-state index in [9.17, 15) is 9.59 Å². The average Bonchev–Trinajstić information content (AvgIpc) is 3.19. The Morgan fingerprint density at radius 3 is 2.47 bits per heavy atom. The predicted octanol–water partition coefficient (Wildman–Crippen LogP) is 4.70. The summed E-state index contributed by atoms with van der Waals surface area (Å²) in [4.78, 5) is 29.8. The zero-order chi connectivity index (χ0) is 23.9. The van der Waals surface area contributed by atoms with Crippen LogP contribution in [-0.4, -0.2) is 35.0 Å². The van der Waals surface area contributed by atoms with Gasteiger partial charge in [-0.3, -0.25) is 9.59 Å². The molecule has 174 valence electrons. The lowest BCUT2D eigenvalue weighted by atomic mass is 10.2. The van der Waals surface area contributed by atoms with Gasteiger partial charge in [0.1, 0.15) is 18.1 Å². The molecule has 0 fully saturated rings. The van der Waals surface area contributed by atoms with E-state index in [2.05, 4.69) is 10.6 Å². The summed E-state index contributed by atoms with van der Waals surface area (Å²) in [6.45, 7) is 0.627. The highest BCUT2D eigenvalue weighted by Gasteiger charge is 2.14. The molecule has 4 rings (SSSR count). The molecule has 1 aromatic heterocycles.